The maximum atomic E-state index is 12.6. The molecule has 92 valence electrons. The van der Waals surface area contributed by atoms with Crippen LogP contribution in [0.2, 0.25) is 0 Å². The number of aromatic nitrogens is 1. The molecule has 7 heteroatoms. The largest absolute Gasteiger partial charge is 0.478 e. The van der Waals surface area contributed by atoms with Gasteiger partial charge in [-0.25, -0.2) is 9.78 Å². The summed E-state index contributed by atoms with van der Waals surface area (Å²) in [5, 5.41) is 8.68. The van der Waals surface area contributed by atoms with Crippen molar-refractivity contribution in [2.24, 2.45) is 0 Å². The molecule has 0 saturated carbocycles. The van der Waals surface area contributed by atoms with Gasteiger partial charge in [-0.15, -0.1) is 0 Å². The SMILES string of the molecule is O=C(O)c1ccc(N2CCC2)nc1C(F)(F)F. The van der Waals surface area contributed by atoms with Crippen molar-refractivity contribution >= 4 is 11.8 Å². The van der Waals surface area contributed by atoms with Gasteiger partial charge in [0.15, 0.2) is 5.69 Å². The first-order valence-electron chi connectivity index (χ1n) is 4.96. The molecule has 0 atom stereocenters. The second kappa shape index (κ2) is 3.90. The van der Waals surface area contributed by atoms with Gasteiger partial charge in [-0.05, 0) is 18.6 Å². The Morgan fingerprint density at radius 2 is 2.00 bits per heavy atom. The fraction of sp³-hybridized carbons (Fsp3) is 0.400. The first kappa shape index (κ1) is 11.7. The molecule has 0 spiro atoms. The smallest absolute Gasteiger partial charge is 0.434 e. The zero-order chi connectivity index (χ0) is 12.6. The number of hydrogen-bond donors (Lipinski definition) is 1. The summed E-state index contributed by atoms with van der Waals surface area (Å²) in [4.78, 5) is 15.8. The molecule has 0 bridgehead atoms. The molecule has 1 aromatic heterocycles. The zero-order valence-electron chi connectivity index (χ0n) is 8.66. The number of carbonyl (C=O) groups is 1. The van der Waals surface area contributed by atoms with E-state index in [1.54, 1.807) is 4.90 Å². The van der Waals surface area contributed by atoms with Gasteiger partial charge in [0.2, 0.25) is 0 Å². The quantitative estimate of drug-likeness (QED) is 0.867. The molecule has 1 aliphatic heterocycles. The van der Waals surface area contributed by atoms with Crippen molar-refractivity contribution < 1.29 is 23.1 Å². The summed E-state index contributed by atoms with van der Waals surface area (Å²) in [6, 6.07) is 2.25. The van der Waals surface area contributed by atoms with E-state index in [-0.39, 0.29) is 5.82 Å². The number of aromatic carboxylic acids is 1. The maximum Gasteiger partial charge on any atom is 0.434 e. The van der Waals surface area contributed by atoms with Crippen molar-refractivity contribution in [3.63, 3.8) is 0 Å². The number of nitrogens with zero attached hydrogens (tertiary/aromatic N) is 2. The topological polar surface area (TPSA) is 53.4 Å². The number of pyridine rings is 1. The van der Waals surface area contributed by atoms with Gasteiger partial charge in [-0.1, -0.05) is 0 Å². The molecule has 0 radical (unpaired) electrons. The average molecular weight is 246 g/mol. The van der Waals surface area contributed by atoms with Crippen molar-refractivity contribution in [1.29, 1.82) is 0 Å². The number of carboxylic acid groups (broad SMARTS) is 1. The second-order valence-electron chi connectivity index (χ2n) is 3.71. The summed E-state index contributed by atoms with van der Waals surface area (Å²) >= 11 is 0. The number of halogens is 3. The zero-order valence-corrected chi connectivity index (χ0v) is 8.66. The molecule has 1 aliphatic rings. The van der Waals surface area contributed by atoms with Crippen LogP contribution in [0.15, 0.2) is 12.1 Å². The Morgan fingerprint density at radius 3 is 2.41 bits per heavy atom. The highest BCUT2D eigenvalue weighted by Crippen LogP contribution is 2.32. The normalized spacial score (nSPS) is 15.6. The Balaban J connectivity index is 2.46. The molecule has 0 amide bonds. The Hall–Kier alpha value is -1.79. The number of hydrogen-bond acceptors (Lipinski definition) is 3. The Morgan fingerprint density at radius 1 is 1.35 bits per heavy atom. The predicted octanol–water partition coefficient (Wildman–Crippen LogP) is 2.01. The van der Waals surface area contributed by atoms with Crippen LogP contribution < -0.4 is 4.90 Å². The third-order valence-electron chi connectivity index (χ3n) is 2.56. The summed E-state index contributed by atoms with van der Waals surface area (Å²) in [6.45, 7) is 1.30. The molecule has 2 rings (SSSR count). The van der Waals surface area contributed by atoms with Crippen molar-refractivity contribution in [2.45, 2.75) is 12.6 Å². The molecule has 1 aromatic rings. The first-order chi connectivity index (χ1) is 7.89. The number of anilines is 1. The molecule has 1 fully saturated rings. The highest BCUT2D eigenvalue weighted by atomic mass is 19.4. The molecular formula is C10H9F3N2O2. The number of carboxylic acids is 1. The van der Waals surface area contributed by atoms with Gasteiger partial charge in [-0.3, -0.25) is 0 Å². The highest BCUT2D eigenvalue weighted by Gasteiger charge is 2.38. The van der Waals surface area contributed by atoms with E-state index in [1.165, 1.54) is 6.07 Å². The van der Waals surface area contributed by atoms with Crippen molar-refractivity contribution in [2.75, 3.05) is 18.0 Å². The minimum absolute atomic E-state index is 0.175. The van der Waals surface area contributed by atoms with Crippen LogP contribution in [0, 0.1) is 0 Å². The Kier molecular flexibility index (Phi) is 2.68. The van der Waals surface area contributed by atoms with E-state index in [0.717, 1.165) is 12.5 Å². The second-order valence-corrected chi connectivity index (χ2v) is 3.71. The standard InChI is InChI=1S/C10H9F3N2O2/c11-10(12,13)8-6(9(16)17)2-3-7(14-8)15-4-1-5-15/h2-3H,1,4-5H2,(H,16,17). The lowest BCUT2D eigenvalue weighted by molar-refractivity contribution is -0.141. The van der Waals surface area contributed by atoms with Gasteiger partial charge in [0.1, 0.15) is 5.82 Å². The summed E-state index contributed by atoms with van der Waals surface area (Å²) < 4.78 is 37.9. The Bertz CT molecular complexity index is 455. The van der Waals surface area contributed by atoms with Crippen LogP contribution in [-0.4, -0.2) is 29.1 Å². The first-order valence-corrected chi connectivity index (χ1v) is 4.96. The Labute approximate surface area is 94.7 Å². The van der Waals surface area contributed by atoms with E-state index in [4.69, 9.17) is 5.11 Å². The summed E-state index contributed by atoms with van der Waals surface area (Å²) in [6.07, 6.45) is -3.85. The minimum Gasteiger partial charge on any atom is -0.478 e. The van der Waals surface area contributed by atoms with Gasteiger partial charge in [0.05, 0.1) is 5.56 Å². The van der Waals surface area contributed by atoms with E-state index < -0.39 is 23.4 Å². The summed E-state index contributed by atoms with van der Waals surface area (Å²) in [5.74, 6) is -1.45. The van der Waals surface area contributed by atoms with Gasteiger partial charge >= 0.3 is 12.1 Å². The van der Waals surface area contributed by atoms with Crippen LogP contribution in [0.1, 0.15) is 22.5 Å². The number of alkyl halides is 3. The van der Waals surface area contributed by atoms with Gasteiger partial charge in [0, 0.05) is 13.1 Å². The van der Waals surface area contributed by atoms with Crippen LogP contribution in [-0.2, 0) is 6.18 Å². The molecule has 1 N–H and O–H groups in total. The molecule has 2 heterocycles. The van der Waals surface area contributed by atoms with Crippen LogP contribution in [0.4, 0.5) is 19.0 Å². The number of rotatable bonds is 2. The van der Waals surface area contributed by atoms with Crippen LogP contribution in [0.25, 0.3) is 0 Å². The average Bonchev–Trinajstić information content (AvgIpc) is 2.13. The molecule has 0 unspecified atom stereocenters. The lowest BCUT2D eigenvalue weighted by Gasteiger charge is -2.32. The molecule has 1 saturated heterocycles. The van der Waals surface area contributed by atoms with Crippen LogP contribution in [0.5, 0.6) is 0 Å². The van der Waals surface area contributed by atoms with Gasteiger partial charge < -0.3 is 10.0 Å². The predicted molar refractivity (Wildman–Crippen MR) is 53.0 cm³/mol. The van der Waals surface area contributed by atoms with Crippen LogP contribution >= 0.6 is 0 Å². The summed E-state index contributed by atoms with van der Waals surface area (Å²) in [5.41, 5.74) is -2.16. The molecule has 0 aliphatic carbocycles. The molecule has 4 nitrogen and oxygen atoms in total. The van der Waals surface area contributed by atoms with Gasteiger partial charge in [0.25, 0.3) is 0 Å². The lowest BCUT2D eigenvalue weighted by atomic mass is 10.1. The van der Waals surface area contributed by atoms with Crippen LogP contribution in [0.3, 0.4) is 0 Å². The monoisotopic (exact) mass is 246 g/mol. The van der Waals surface area contributed by atoms with E-state index in [0.29, 0.717) is 13.1 Å². The van der Waals surface area contributed by atoms with Gasteiger partial charge in [-0.2, -0.15) is 13.2 Å². The molecule has 0 aromatic carbocycles. The minimum atomic E-state index is -4.76. The maximum absolute atomic E-state index is 12.6. The lowest BCUT2D eigenvalue weighted by Crippen LogP contribution is -2.38. The van der Waals surface area contributed by atoms with E-state index >= 15 is 0 Å². The van der Waals surface area contributed by atoms with E-state index in [9.17, 15) is 18.0 Å². The van der Waals surface area contributed by atoms with E-state index in [1.807, 2.05) is 0 Å². The van der Waals surface area contributed by atoms with Crippen molar-refractivity contribution in [3.05, 3.63) is 23.4 Å². The molecular weight excluding hydrogens is 237 g/mol. The van der Waals surface area contributed by atoms with Crippen molar-refractivity contribution in [3.8, 4) is 0 Å². The summed E-state index contributed by atoms with van der Waals surface area (Å²) in [7, 11) is 0. The highest BCUT2D eigenvalue weighted by molar-refractivity contribution is 5.89. The third kappa shape index (κ3) is 2.17. The molecule has 17 heavy (non-hydrogen) atoms. The third-order valence-corrected chi connectivity index (χ3v) is 2.56. The van der Waals surface area contributed by atoms with Crippen molar-refractivity contribution in [1.82, 2.24) is 4.98 Å². The fourth-order valence-corrected chi connectivity index (χ4v) is 1.56. The fourth-order valence-electron chi connectivity index (χ4n) is 1.56. The van der Waals surface area contributed by atoms with E-state index in [2.05, 4.69) is 4.98 Å².